The summed E-state index contributed by atoms with van der Waals surface area (Å²) in [4.78, 5) is 11.9. The first-order valence-electron chi connectivity index (χ1n) is 9.04. The molecule has 0 atom stereocenters. The van der Waals surface area contributed by atoms with E-state index in [4.69, 9.17) is 4.74 Å². The van der Waals surface area contributed by atoms with E-state index in [2.05, 4.69) is 41.8 Å². The summed E-state index contributed by atoms with van der Waals surface area (Å²) in [5, 5.41) is 7.03. The van der Waals surface area contributed by atoms with E-state index in [1.807, 2.05) is 60.7 Å². The molecule has 3 rings (SSSR count). The Hall–Kier alpha value is -3.60. The maximum absolute atomic E-state index is 11.9. The summed E-state index contributed by atoms with van der Waals surface area (Å²) in [7, 11) is 0. The Morgan fingerprint density at radius 1 is 0.929 bits per heavy atom. The first kappa shape index (κ1) is 19.2. The van der Waals surface area contributed by atoms with Gasteiger partial charge in [-0.3, -0.25) is 10.2 Å². The van der Waals surface area contributed by atoms with Crippen LogP contribution >= 0.6 is 0 Å². The highest BCUT2D eigenvalue weighted by atomic mass is 16.5. The van der Waals surface area contributed by atoms with Crippen molar-refractivity contribution in [3.8, 4) is 5.75 Å². The van der Waals surface area contributed by atoms with Gasteiger partial charge in [0.1, 0.15) is 5.75 Å². The number of nitrogens with one attached hydrogen (secondary N) is 2. The zero-order valence-corrected chi connectivity index (χ0v) is 16.0. The number of carbonyl (C=O) groups is 1. The average molecular weight is 373 g/mol. The van der Waals surface area contributed by atoms with Gasteiger partial charge < -0.3 is 10.1 Å². The summed E-state index contributed by atoms with van der Waals surface area (Å²) >= 11 is 0. The second kappa shape index (κ2) is 9.37. The van der Waals surface area contributed by atoms with E-state index >= 15 is 0 Å². The summed E-state index contributed by atoms with van der Waals surface area (Å²) in [5.41, 5.74) is 8.12. The van der Waals surface area contributed by atoms with Crippen LogP contribution in [0.25, 0.3) is 0 Å². The number of para-hydroxylation sites is 1. The third-order valence-corrected chi connectivity index (χ3v) is 4.22. The minimum Gasteiger partial charge on any atom is -0.484 e. The van der Waals surface area contributed by atoms with Gasteiger partial charge in [-0.25, -0.2) is 0 Å². The molecule has 0 saturated heterocycles. The van der Waals surface area contributed by atoms with Crippen LogP contribution in [0, 0.1) is 13.8 Å². The van der Waals surface area contributed by atoms with Gasteiger partial charge in [0.25, 0.3) is 5.91 Å². The minimum atomic E-state index is -0.200. The molecule has 0 bridgehead atoms. The molecule has 0 aromatic heterocycles. The van der Waals surface area contributed by atoms with Crippen molar-refractivity contribution in [1.29, 1.82) is 0 Å². The maximum atomic E-state index is 11.9. The Bertz CT molecular complexity index is 951. The lowest BCUT2D eigenvalue weighted by atomic mass is 10.1. The van der Waals surface area contributed by atoms with E-state index in [9.17, 15) is 4.79 Å². The molecular weight excluding hydrogens is 350 g/mol. The van der Waals surface area contributed by atoms with Gasteiger partial charge in [0.05, 0.1) is 11.9 Å². The number of hydrogen-bond acceptors (Lipinski definition) is 4. The van der Waals surface area contributed by atoms with Gasteiger partial charge >= 0.3 is 0 Å². The first-order chi connectivity index (χ1) is 13.6. The predicted molar refractivity (Wildman–Crippen MR) is 114 cm³/mol. The van der Waals surface area contributed by atoms with E-state index in [0.717, 1.165) is 16.9 Å². The van der Waals surface area contributed by atoms with E-state index in [-0.39, 0.29) is 12.5 Å². The van der Waals surface area contributed by atoms with Crippen molar-refractivity contribution in [3.05, 3.63) is 89.5 Å². The predicted octanol–water partition coefficient (Wildman–Crippen LogP) is 4.77. The van der Waals surface area contributed by atoms with Gasteiger partial charge in [-0.15, -0.1) is 0 Å². The molecule has 5 heteroatoms. The quantitative estimate of drug-likeness (QED) is 0.463. The monoisotopic (exact) mass is 373 g/mol. The normalized spacial score (nSPS) is 10.6. The van der Waals surface area contributed by atoms with Crippen LogP contribution in [0.1, 0.15) is 16.7 Å². The van der Waals surface area contributed by atoms with Gasteiger partial charge in [-0.2, -0.15) is 5.10 Å². The topological polar surface area (TPSA) is 62.7 Å². The highest BCUT2D eigenvalue weighted by molar-refractivity contribution is 5.91. The van der Waals surface area contributed by atoms with Crippen LogP contribution < -0.4 is 15.5 Å². The number of nitrogens with zero attached hydrogens (tertiary/aromatic N) is 1. The first-order valence-corrected chi connectivity index (χ1v) is 9.04. The average Bonchev–Trinajstić information content (AvgIpc) is 2.71. The molecule has 28 heavy (non-hydrogen) atoms. The zero-order valence-electron chi connectivity index (χ0n) is 16.0. The lowest BCUT2D eigenvalue weighted by molar-refractivity contribution is -0.118. The molecule has 0 aliphatic rings. The lowest BCUT2D eigenvalue weighted by Crippen LogP contribution is -2.20. The molecule has 3 aromatic carbocycles. The van der Waals surface area contributed by atoms with Crippen molar-refractivity contribution in [2.45, 2.75) is 13.8 Å². The Balaban J connectivity index is 1.47. The smallest absolute Gasteiger partial charge is 0.262 e. The van der Waals surface area contributed by atoms with Gasteiger partial charge in [0.15, 0.2) is 6.61 Å². The van der Waals surface area contributed by atoms with Crippen molar-refractivity contribution >= 4 is 23.5 Å². The van der Waals surface area contributed by atoms with Crippen molar-refractivity contribution < 1.29 is 9.53 Å². The van der Waals surface area contributed by atoms with Crippen LogP contribution in [-0.2, 0) is 4.79 Å². The van der Waals surface area contributed by atoms with Crippen LogP contribution in [0.4, 0.5) is 11.4 Å². The molecule has 0 radical (unpaired) electrons. The Morgan fingerprint density at radius 2 is 1.68 bits per heavy atom. The molecule has 0 aliphatic carbocycles. The molecule has 3 aromatic rings. The molecule has 0 aliphatic heterocycles. The summed E-state index contributed by atoms with van der Waals surface area (Å²) in [6, 6.07) is 22.8. The fraction of sp³-hybridized carbons (Fsp3) is 0.130. The number of anilines is 2. The number of rotatable bonds is 7. The maximum Gasteiger partial charge on any atom is 0.262 e. The molecule has 0 heterocycles. The summed E-state index contributed by atoms with van der Waals surface area (Å²) in [6.07, 6.45) is 1.74. The molecule has 5 nitrogen and oxygen atoms in total. The van der Waals surface area contributed by atoms with Gasteiger partial charge in [-0.1, -0.05) is 24.3 Å². The Kier molecular flexibility index (Phi) is 6.41. The molecular formula is C23H23N3O2. The molecule has 2 N–H and O–H groups in total. The van der Waals surface area contributed by atoms with Crippen molar-refractivity contribution in [1.82, 2.24) is 0 Å². The van der Waals surface area contributed by atoms with Crippen molar-refractivity contribution in [2.24, 2.45) is 5.10 Å². The van der Waals surface area contributed by atoms with Crippen LogP contribution in [0.15, 0.2) is 77.9 Å². The second-order valence-corrected chi connectivity index (χ2v) is 6.44. The van der Waals surface area contributed by atoms with Crippen LogP contribution in [0.3, 0.4) is 0 Å². The van der Waals surface area contributed by atoms with Crippen LogP contribution in [0.5, 0.6) is 5.75 Å². The summed E-state index contributed by atoms with van der Waals surface area (Å²) in [6.45, 7) is 4.11. The van der Waals surface area contributed by atoms with Gasteiger partial charge in [0, 0.05) is 5.69 Å². The second-order valence-electron chi connectivity index (χ2n) is 6.44. The number of aryl methyl sites for hydroxylation is 2. The van der Waals surface area contributed by atoms with Gasteiger partial charge in [0.2, 0.25) is 0 Å². The van der Waals surface area contributed by atoms with Gasteiger partial charge in [-0.05, 0) is 79.1 Å². The number of hydrazone groups is 1. The van der Waals surface area contributed by atoms with Crippen molar-refractivity contribution in [2.75, 3.05) is 17.3 Å². The highest BCUT2D eigenvalue weighted by Crippen LogP contribution is 2.15. The zero-order chi connectivity index (χ0) is 19.8. The number of hydrogen-bond donors (Lipinski definition) is 2. The fourth-order valence-electron chi connectivity index (χ4n) is 2.51. The third kappa shape index (κ3) is 5.71. The van der Waals surface area contributed by atoms with Crippen LogP contribution in [0.2, 0.25) is 0 Å². The summed E-state index contributed by atoms with van der Waals surface area (Å²) < 4.78 is 5.52. The van der Waals surface area contributed by atoms with Crippen LogP contribution in [-0.4, -0.2) is 18.7 Å². The highest BCUT2D eigenvalue weighted by Gasteiger charge is 2.03. The van der Waals surface area contributed by atoms with E-state index in [1.165, 1.54) is 11.1 Å². The molecule has 0 unspecified atom stereocenters. The van der Waals surface area contributed by atoms with E-state index in [1.54, 1.807) is 6.21 Å². The Morgan fingerprint density at radius 3 is 2.39 bits per heavy atom. The van der Waals surface area contributed by atoms with E-state index < -0.39 is 0 Å². The molecule has 0 fully saturated rings. The van der Waals surface area contributed by atoms with Crippen molar-refractivity contribution in [3.63, 3.8) is 0 Å². The lowest BCUT2D eigenvalue weighted by Gasteiger charge is -2.07. The standard InChI is InChI=1S/C23H23N3O2/c1-17-8-11-21(14-18(17)2)26-24-15-19-9-12-22(13-10-19)28-16-23(27)25-20-6-4-3-5-7-20/h3-15,26H,16H2,1-2H3,(H,25,27). The largest absolute Gasteiger partial charge is 0.484 e. The minimum absolute atomic E-state index is 0.0450. The molecule has 0 saturated carbocycles. The fourth-order valence-corrected chi connectivity index (χ4v) is 2.51. The molecule has 0 spiro atoms. The molecule has 1 amide bonds. The summed E-state index contributed by atoms with van der Waals surface area (Å²) in [5.74, 6) is 0.428. The number of benzene rings is 3. The Labute approximate surface area is 165 Å². The number of amides is 1. The number of carbonyl (C=O) groups excluding carboxylic acids is 1. The van der Waals surface area contributed by atoms with E-state index in [0.29, 0.717) is 5.75 Å². The number of ether oxygens (including phenoxy) is 1. The SMILES string of the molecule is Cc1ccc(NN=Cc2ccc(OCC(=O)Nc3ccccc3)cc2)cc1C. The molecule has 142 valence electrons. The third-order valence-electron chi connectivity index (χ3n) is 4.22.